The zero-order valence-electron chi connectivity index (χ0n) is 13.9. The van der Waals surface area contributed by atoms with Crippen molar-refractivity contribution in [3.8, 4) is 0 Å². The van der Waals surface area contributed by atoms with E-state index < -0.39 is 0 Å². The molecule has 6 nitrogen and oxygen atoms in total. The van der Waals surface area contributed by atoms with E-state index in [-0.39, 0.29) is 17.8 Å². The molecule has 0 aliphatic heterocycles. The first-order valence-electron chi connectivity index (χ1n) is 8.03. The molecule has 0 spiro atoms. The van der Waals surface area contributed by atoms with Gasteiger partial charge in [0.15, 0.2) is 0 Å². The first kappa shape index (κ1) is 16.4. The largest absolute Gasteiger partial charge is 0.347 e. The van der Waals surface area contributed by atoms with Crippen LogP contribution in [0.5, 0.6) is 0 Å². The number of carbonyl (C=O) groups is 1. The van der Waals surface area contributed by atoms with Crippen LogP contribution in [0.15, 0.2) is 6.07 Å². The predicted molar refractivity (Wildman–Crippen MR) is 85.9 cm³/mol. The zero-order chi connectivity index (χ0) is 16.1. The van der Waals surface area contributed by atoms with Gasteiger partial charge in [-0.3, -0.25) is 4.79 Å². The van der Waals surface area contributed by atoms with E-state index in [1.54, 1.807) is 4.52 Å². The van der Waals surface area contributed by atoms with Crippen molar-refractivity contribution < 1.29 is 4.79 Å². The molecule has 1 N–H and O–H groups in total. The van der Waals surface area contributed by atoms with Crippen molar-refractivity contribution in [2.24, 2.45) is 0 Å². The Labute approximate surface area is 131 Å². The minimum absolute atomic E-state index is 0.131. The summed E-state index contributed by atoms with van der Waals surface area (Å²) >= 11 is 0. The standard InChI is InChI=1S/C16H25N5O/c1-5-6-7-8-9-11(2)17-15(22)14-19-16-18-12(3)10-13(4)21(16)20-14/h10-11H,5-9H2,1-4H3,(H,17,22)/t11-/m1/s1. The fourth-order valence-electron chi connectivity index (χ4n) is 2.50. The number of amides is 1. The van der Waals surface area contributed by atoms with Gasteiger partial charge >= 0.3 is 0 Å². The molecule has 0 unspecified atom stereocenters. The summed E-state index contributed by atoms with van der Waals surface area (Å²) in [6, 6.07) is 2.05. The van der Waals surface area contributed by atoms with Crippen LogP contribution in [0, 0.1) is 13.8 Å². The molecule has 0 aromatic carbocycles. The van der Waals surface area contributed by atoms with Crippen molar-refractivity contribution in [1.29, 1.82) is 0 Å². The Balaban J connectivity index is 1.99. The van der Waals surface area contributed by atoms with Gasteiger partial charge in [-0.1, -0.05) is 32.6 Å². The summed E-state index contributed by atoms with van der Waals surface area (Å²) in [7, 11) is 0. The third kappa shape index (κ3) is 4.02. The molecule has 0 saturated heterocycles. The number of aryl methyl sites for hydroxylation is 2. The summed E-state index contributed by atoms with van der Waals surface area (Å²) in [6.45, 7) is 8.04. The fraction of sp³-hybridized carbons (Fsp3) is 0.625. The second-order valence-corrected chi connectivity index (χ2v) is 5.91. The number of unbranched alkanes of at least 4 members (excludes halogenated alkanes) is 3. The molecule has 0 saturated carbocycles. The first-order valence-corrected chi connectivity index (χ1v) is 8.03. The quantitative estimate of drug-likeness (QED) is 0.798. The maximum atomic E-state index is 12.2. The van der Waals surface area contributed by atoms with E-state index in [1.807, 2.05) is 26.8 Å². The Hall–Kier alpha value is -1.98. The van der Waals surface area contributed by atoms with E-state index in [0.717, 1.165) is 24.2 Å². The van der Waals surface area contributed by atoms with Crippen LogP contribution in [0.4, 0.5) is 0 Å². The third-order valence-electron chi connectivity index (χ3n) is 3.69. The molecule has 120 valence electrons. The van der Waals surface area contributed by atoms with Crippen LogP contribution in [0.2, 0.25) is 0 Å². The van der Waals surface area contributed by atoms with Gasteiger partial charge in [-0.25, -0.2) is 9.50 Å². The topological polar surface area (TPSA) is 72.2 Å². The lowest BCUT2D eigenvalue weighted by Crippen LogP contribution is -2.33. The van der Waals surface area contributed by atoms with E-state index >= 15 is 0 Å². The maximum Gasteiger partial charge on any atom is 0.291 e. The Kier molecular flexibility index (Phi) is 5.46. The lowest BCUT2D eigenvalue weighted by molar-refractivity contribution is 0.0927. The number of fused-ring (bicyclic) bond motifs is 1. The van der Waals surface area contributed by atoms with Gasteiger partial charge in [0, 0.05) is 17.4 Å². The average Bonchev–Trinajstić information content (AvgIpc) is 2.88. The molecule has 2 rings (SSSR count). The summed E-state index contributed by atoms with van der Waals surface area (Å²) in [5, 5.41) is 7.21. The molecule has 6 heteroatoms. The van der Waals surface area contributed by atoms with Crippen LogP contribution < -0.4 is 5.32 Å². The van der Waals surface area contributed by atoms with Gasteiger partial charge in [-0.15, -0.1) is 5.10 Å². The van der Waals surface area contributed by atoms with Crippen LogP contribution in [-0.4, -0.2) is 31.5 Å². The molecule has 2 aromatic heterocycles. The number of hydrogen-bond acceptors (Lipinski definition) is 4. The van der Waals surface area contributed by atoms with Crippen LogP contribution in [-0.2, 0) is 0 Å². The van der Waals surface area contributed by atoms with Crippen LogP contribution in [0.3, 0.4) is 0 Å². The molecule has 2 heterocycles. The number of nitrogens with zero attached hydrogens (tertiary/aromatic N) is 4. The summed E-state index contributed by atoms with van der Waals surface area (Å²) in [4.78, 5) is 20.8. The minimum atomic E-state index is -0.231. The lowest BCUT2D eigenvalue weighted by Gasteiger charge is -2.11. The average molecular weight is 303 g/mol. The van der Waals surface area contributed by atoms with Gasteiger partial charge in [0.25, 0.3) is 11.7 Å². The molecule has 0 radical (unpaired) electrons. The van der Waals surface area contributed by atoms with Crippen molar-refractivity contribution in [3.05, 3.63) is 23.3 Å². The van der Waals surface area contributed by atoms with Crippen LogP contribution in [0.1, 0.15) is 68.0 Å². The molecule has 1 atom stereocenters. The molecule has 22 heavy (non-hydrogen) atoms. The smallest absolute Gasteiger partial charge is 0.291 e. The van der Waals surface area contributed by atoms with E-state index in [0.29, 0.717) is 5.78 Å². The number of aromatic nitrogens is 4. The molecule has 0 fully saturated rings. The molecule has 2 aromatic rings. The molecule has 0 bridgehead atoms. The Bertz CT molecular complexity index is 649. The van der Waals surface area contributed by atoms with Crippen molar-refractivity contribution in [1.82, 2.24) is 24.9 Å². The van der Waals surface area contributed by atoms with Crippen molar-refractivity contribution in [2.45, 2.75) is 65.8 Å². The van der Waals surface area contributed by atoms with Gasteiger partial charge in [-0.05, 0) is 33.3 Å². The van der Waals surface area contributed by atoms with Crippen LogP contribution in [0.25, 0.3) is 5.78 Å². The molecular formula is C16H25N5O. The second-order valence-electron chi connectivity index (χ2n) is 5.91. The highest BCUT2D eigenvalue weighted by molar-refractivity contribution is 5.91. The number of hydrogen-bond donors (Lipinski definition) is 1. The predicted octanol–water partition coefficient (Wildman–Crippen LogP) is 2.83. The molecule has 1 amide bonds. The normalized spacial score (nSPS) is 12.5. The van der Waals surface area contributed by atoms with E-state index in [1.165, 1.54) is 19.3 Å². The monoisotopic (exact) mass is 303 g/mol. The Morgan fingerprint density at radius 1 is 1.27 bits per heavy atom. The Morgan fingerprint density at radius 2 is 2.05 bits per heavy atom. The zero-order valence-corrected chi connectivity index (χ0v) is 13.9. The first-order chi connectivity index (χ1) is 10.5. The SMILES string of the molecule is CCCCCC[C@@H](C)NC(=O)c1nc2nc(C)cc(C)n2n1. The van der Waals surface area contributed by atoms with Gasteiger partial charge in [-0.2, -0.15) is 4.98 Å². The van der Waals surface area contributed by atoms with Crippen molar-refractivity contribution >= 4 is 11.7 Å². The number of carbonyl (C=O) groups excluding carboxylic acids is 1. The van der Waals surface area contributed by atoms with Gasteiger partial charge in [0.2, 0.25) is 5.82 Å². The van der Waals surface area contributed by atoms with Crippen LogP contribution >= 0.6 is 0 Å². The maximum absolute atomic E-state index is 12.2. The van der Waals surface area contributed by atoms with Gasteiger partial charge in [0.1, 0.15) is 0 Å². The minimum Gasteiger partial charge on any atom is -0.347 e. The second kappa shape index (κ2) is 7.33. The summed E-state index contributed by atoms with van der Waals surface area (Å²) < 4.78 is 1.60. The lowest BCUT2D eigenvalue weighted by atomic mass is 10.1. The van der Waals surface area contributed by atoms with E-state index in [9.17, 15) is 4.79 Å². The highest BCUT2D eigenvalue weighted by atomic mass is 16.2. The van der Waals surface area contributed by atoms with E-state index in [4.69, 9.17) is 0 Å². The summed E-state index contributed by atoms with van der Waals surface area (Å²) in [5.41, 5.74) is 1.79. The molecule has 0 aliphatic rings. The Morgan fingerprint density at radius 3 is 2.77 bits per heavy atom. The summed E-state index contributed by atoms with van der Waals surface area (Å²) in [5.74, 6) is 0.422. The highest BCUT2D eigenvalue weighted by Crippen LogP contribution is 2.07. The summed E-state index contributed by atoms with van der Waals surface area (Å²) in [6.07, 6.45) is 5.80. The van der Waals surface area contributed by atoms with Gasteiger partial charge in [0.05, 0.1) is 0 Å². The highest BCUT2D eigenvalue weighted by Gasteiger charge is 2.16. The number of nitrogens with one attached hydrogen (secondary N) is 1. The van der Waals surface area contributed by atoms with Crippen molar-refractivity contribution in [3.63, 3.8) is 0 Å². The molecular weight excluding hydrogens is 278 g/mol. The number of rotatable bonds is 7. The van der Waals surface area contributed by atoms with Crippen molar-refractivity contribution in [2.75, 3.05) is 0 Å². The van der Waals surface area contributed by atoms with E-state index in [2.05, 4.69) is 27.3 Å². The molecule has 0 aliphatic carbocycles. The van der Waals surface area contributed by atoms with Gasteiger partial charge < -0.3 is 5.32 Å². The third-order valence-corrected chi connectivity index (χ3v) is 3.69. The fourth-order valence-corrected chi connectivity index (χ4v) is 2.50.